The van der Waals surface area contributed by atoms with Crippen LogP contribution in [0.1, 0.15) is 18.5 Å². The number of nitrogens with one attached hydrogen (secondary N) is 3. The molecule has 1 aliphatic rings. The summed E-state index contributed by atoms with van der Waals surface area (Å²) in [5.74, 6) is -1.00. The van der Waals surface area contributed by atoms with E-state index >= 15 is 0 Å². The molecule has 2 aromatic rings. The minimum absolute atomic E-state index is 0.0698. The lowest BCUT2D eigenvalue weighted by atomic mass is 9.94. The number of halogens is 3. The van der Waals surface area contributed by atoms with Gasteiger partial charge in [-0.3, -0.25) is 4.79 Å². The van der Waals surface area contributed by atoms with Crippen LogP contribution in [-0.2, 0) is 4.79 Å². The van der Waals surface area contributed by atoms with Gasteiger partial charge in [-0.15, -0.1) is 0 Å². The number of carbonyl (C=O) groups excluding carboxylic acids is 1. The average molecular weight is 407 g/mol. The maximum Gasteiger partial charge on any atom is 0.387 e. The molecule has 1 heterocycles. The number of hydrogen-bond acceptors (Lipinski definition) is 3. The molecule has 5 nitrogen and oxygen atoms in total. The Labute approximate surface area is 164 Å². The van der Waals surface area contributed by atoms with Crippen LogP contribution in [0.25, 0.3) is 0 Å². The Bertz CT molecular complexity index is 932. The Morgan fingerprint density at radius 3 is 2.54 bits per heavy atom. The number of amides is 1. The van der Waals surface area contributed by atoms with Crippen LogP contribution in [0.2, 0.25) is 0 Å². The smallest absolute Gasteiger partial charge is 0.387 e. The maximum atomic E-state index is 13.1. The van der Waals surface area contributed by atoms with Gasteiger partial charge in [0.05, 0.1) is 11.6 Å². The zero-order valence-corrected chi connectivity index (χ0v) is 15.4. The van der Waals surface area contributed by atoms with Crippen molar-refractivity contribution in [1.29, 1.82) is 0 Å². The molecule has 1 aliphatic heterocycles. The van der Waals surface area contributed by atoms with Crippen molar-refractivity contribution in [1.82, 2.24) is 10.6 Å². The second-order valence-electron chi connectivity index (χ2n) is 5.95. The van der Waals surface area contributed by atoms with Crippen molar-refractivity contribution < 1.29 is 22.7 Å². The third kappa shape index (κ3) is 4.42. The second-order valence-corrected chi connectivity index (χ2v) is 6.36. The Hall–Kier alpha value is -3.07. The van der Waals surface area contributed by atoms with Crippen LogP contribution < -0.4 is 20.7 Å². The molecule has 28 heavy (non-hydrogen) atoms. The first-order valence-electron chi connectivity index (χ1n) is 8.24. The summed E-state index contributed by atoms with van der Waals surface area (Å²) in [6, 6.07) is 10.6. The van der Waals surface area contributed by atoms with Gasteiger partial charge >= 0.3 is 6.61 Å². The van der Waals surface area contributed by atoms with E-state index in [2.05, 4.69) is 20.7 Å². The van der Waals surface area contributed by atoms with E-state index in [1.807, 2.05) is 0 Å². The largest absolute Gasteiger partial charge is 0.434 e. The van der Waals surface area contributed by atoms with Gasteiger partial charge in [0.15, 0.2) is 5.11 Å². The number of anilines is 1. The quantitative estimate of drug-likeness (QED) is 0.657. The van der Waals surface area contributed by atoms with Crippen molar-refractivity contribution in [3.05, 3.63) is 71.2 Å². The summed E-state index contributed by atoms with van der Waals surface area (Å²) in [6.45, 7) is -1.37. The minimum Gasteiger partial charge on any atom is -0.434 e. The van der Waals surface area contributed by atoms with Gasteiger partial charge in [-0.1, -0.05) is 18.2 Å². The number of allylic oxidation sites excluding steroid dienone is 1. The summed E-state index contributed by atoms with van der Waals surface area (Å²) in [5, 5.41) is 8.69. The lowest BCUT2D eigenvalue weighted by Gasteiger charge is -2.31. The zero-order valence-electron chi connectivity index (χ0n) is 14.6. The van der Waals surface area contributed by atoms with E-state index in [-0.39, 0.29) is 16.4 Å². The van der Waals surface area contributed by atoms with Crippen molar-refractivity contribution in [2.24, 2.45) is 0 Å². The van der Waals surface area contributed by atoms with Crippen LogP contribution in [0.15, 0.2) is 59.8 Å². The summed E-state index contributed by atoms with van der Waals surface area (Å²) in [4.78, 5) is 12.9. The number of thiocarbonyl (C=S) groups is 1. The van der Waals surface area contributed by atoms with Gasteiger partial charge in [-0.2, -0.15) is 8.78 Å². The number of rotatable bonds is 5. The molecule has 146 valence electrons. The van der Waals surface area contributed by atoms with Gasteiger partial charge in [0, 0.05) is 16.9 Å². The fourth-order valence-electron chi connectivity index (χ4n) is 2.88. The first kappa shape index (κ1) is 19.7. The Balaban J connectivity index is 1.97. The molecule has 1 atom stereocenters. The van der Waals surface area contributed by atoms with Gasteiger partial charge in [-0.05, 0) is 49.5 Å². The standard InChI is InChI=1S/C19H16F3N3O2S/c1-10-15(17(26)24-12-8-6-11(20)7-9-12)16(25-19(28)23-10)13-4-2-3-5-14(13)27-18(21)22/h2-9,16,18H,1H3,(H,24,26)(H2,23,25,28)/t16-/m0/s1. The highest BCUT2D eigenvalue weighted by atomic mass is 32.1. The number of para-hydroxylation sites is 1. The van der Waals surface area contributed by atoms with E-state index < -0.39 is 24.4 Å². The van der Waals surface area contributed by atoms with Crippen LogP contribution >= 0.6 is 12.2 Å². The summed E-state index contributed by atoms with van der Waals surface area (Å²) in [5.41, 5.74) is 1.41. The predicted octanol–water partition coefficient (Wildman–Crippen LogP) is 3.86. The van der Waals surface area contributed by atoms with Crippen molar-refractivity contribution in [2.75, 3.05) is 5.32 Å². The van der Waals surface area contributed by atoms with E-state index in [0.717, 1.165) is 0 Å². The van der Waals surface area contributed by atoms with E-state index in [4.69, 9.17) is 12.2 Å². The van der Waals surface area contributed by atoms with Crippen LogP contribution in [0.4, 0.5) is 18.9 Å². The number of carbonyl (C=O) groups is 1. The topological polar surface area (TPSA) is 62.4 Å². The molecule has 3 rings (SSSR count). The molecule has 0 radical (unpaired) electrons. The molecular weight excluding hydrogens is 391 g/mol. The lowest BCUT2D eigenvalue weighted by molar-refractivity contribution is -0.113. The average Bonchev–Trinajstić information content (AvgIpc) is 2.63. The molecule has 0 fully saturated rings. The third-order valence-electron chi connectivity index (χ3n) is 4.06. The summed E-state index contributed by atoms with van der Waals surface area (Å²) in [6.07, 6.45) is 0. The van der Waals surface area contributed by atoms with Crippen LogP contribution in [0, 0.1) is 5.82 Å². The van der Waals surface area contributed by atoms with Gasteiger partial charge in [-0.25, -0.2) is 4.39 Å². The molecule has 9 heteroatoms. The summed E-state index contributed by atoms with van der Waals surface area (Å²) < 4.78 is 43.3. The third-order valence-corrected chi connectivity index (χ3v) is 4.28. The van der Waals surface area contributed by atoms with Gasteiger partial charge in [0.1, 0.15) is 11.6 Å². The predicted molar refractivity (Wildman–Crippen MR) is 102 cm³/mol. The summed E-state index contributed by atoms with van der Waals surface area (Å²) in [7, 11) is 0. The molecule has 0 saturated heterocycles. The molecule has 3 N–H and O–H groups in total. The molecule has 1 amide bonds. The van der Waals surface area contributed by atoms with Gasteiger partial charge in [0.25, 0.3) is 5.91 Å². The highest BCUT2D eigenvalue weighted by Gasteiger charge is 2.32. The fraction of sp³-hybridized carbons (Fsp3) is 0.158. The molecule has 0 bridgehead atoms. The molecular formula is C19H16F3N3O2S. The number of benzene rings is 2. The van der Waals surface area contributed by atoms with Crippen LogP contribution in [-0.4, -0.2) is 17.6 Å². The molecule has 0 aromatic heterocycles. The van der Waals surface area contributed by atoms with Crippen LogP contribution in [0.3, 0.4) is 0 Å². The van der Waals surface area contributed by atoms with E-state index in [1.165, 1.54) is 30.3 Å². The Kier molecular flexibility index (Phi) is 5.84. The van der Waals surface area contributed by atoms with Crippen LogP contribution in [0.5, 0.6) is 5.75 Å². The second kappa shape index (κ2) is 8.30. The van der Waals surface area contributed by atoms with Crippen molar-refractivity contribution in [3.63, 3.8) is 0 Å². The normalized spacial score (nSPS) is 16.5. The highest BCUT2D eigenvalue weighted by Crippen LogP contribution is 2.34. The van der Waals surface area contributed by atoms with E-state index in [1.54, 1.807) is 25.1 Å². The maximum absolute atomic E-state index is 13.1. The Morgan fingerprint density at radius 1 is 1.18 bits per heavy atom. The first-order valence-corrected chi connectivity index (χ1v) is 8.65. The SMILES string of the molecule is CC1=C(C(=O)Nc2ccc(F)cc2)[C@H](c2ccccc2OC(F)F)NC(=S)N1. The van der Waals surface area contributed by atoms with Crippen molar-refractivity contribution in [2.45, 2.75) is 19.6 Å². The monoisotopic (exact) mass is 407 g/mol. The number of alkyl halides is 2. The van der Waals surface area contributed by atoms with Crippen molar-refractivity contribution >= 4 is 28.9 Å². The molecule has 0 unspecified atom stereocenters. The first-order chi connectivity index (χ1) is 13.3. The van der Waals surface area contributed by atoms with E-state index in [9.17, 15) is 18.0 Å². The minimum atomic E-state index is -3.02. The van der Waals surface area contributed by atoms with Gasteiger partial charge < -0.3 is 20.7 Å². The fourth-order valence-corrected chi connectivity index (χ4v) is 3.15. The Morgan fingerprint density at radius 2 is 1.86 bits per heavy atom. The van der Waals surface area contributed by atoms with Crippen molar-refractivity contribution in [3.8, 4) is 5.75 Å². The number of ether oxygens (including phenoxy) is 1. The molecule has 0 saturated carbocycles. The molecule has 0 spiro atoms. The highest BCUT2D eigenvalue weighted by molar-refractivity contribution is 7.80. The molecule has 0 aliphatic carbocycles. The molecule has 2 aromatic carbocycles. The van der Waals surface area contributed by atoms with E-state index in [0.29, 0.717) is 16.9 Å². The number of hydrogen-bond donors (Lipinski definition) is 3. The zero-order chi connectivity index (χ0) is 20.3. The van der Waals surface area contributed by atoms with Gasteiger partial charge in [0.2, 0.25) is 0 Å². The lowest BCUT2D eigenvalue weighted by Crippen LogP contribution is -2.45. The summed E-state index contributed by atoms with van der Waals surface area (Å²) >= 11 is 5.16.